The van der Waals surface area contributed by atoms with E-state index >= 15 is 0 Å². The maximum atomic E-state index is 13.8. The summed E-state index contributed by atoms with van der Waals surface area (Å²) in [5, 5.41) is 0. The van der Waals surface area contributed by atoms with Crippen LogP contribution in [0, 0.1) is 0 Å². The van der Waals surface area contributed by atoms with E-state index in [-0.39, 0.29) is 12.2 Å². The second-order valence-electron chi connectivity index (χ2n) is 9.63. The Labute approximate surface area is 237 Å². The van der Waals surface area contributed by atoms with E-state index in [4.69, 9.17) is 9.47 Å². The van der Waals surface area contributed by atoms with E-state index in [1.165, 1.54) is 11.3 Å². The lowest BCUT2D eigenvalue weighted by molar-refractivity contribution is -0.139. The number of hydrogen-bond acceptors (Lipinski definition) is 7. The van der Waals surface area contributed by atoms with E-state index in [0.717, 1.165) is 28.1 Å². The summed E-state index contributed by atoms with van der Waals surface area (Å²) in [5.41, 5.74) is 4.51. The highest BCUT2D eigenvalue weighted by Gasteiger charge is 2.33. The zero-order valence-electron chi connectivity index (χ0n) is 23.0. The van der Waals surface area contributed by atoms with Gasteiger partial charge in [0, 0.05) is 19.8 Å². The van der Waals surface area contributed by atoms with Crippen molar-refractivity contribution in [2.24, 2.45) is 4.99 Å². The molecular weight excluding hydrogens is 522 g/mol. The van der Waals surface area contributed by atoms with E-state index in [1.807, 2.05) is 104 Å². The number of thiazole rings is 1. The Bertz CT molecular complexity index is 1720. The summed E-state index contributed by atoms with van der Waals surface area (Å²) in [6, 6.07) is 24.8. The molecule has 8 heteroatoms. The minimum absolute atomic E-state index is 0.205. The first-order valence-electron chi connectivity index (χ1n) is 13.1. The van der Waals surface area contributed by atoms with Gasteiger partial charge in [-0.05, 0) is 60.9 Å². The summed E-state index contributed by atoms with van der Waals surface area (Å²) >= 11 is 1.31. The van der Waals surface area contributed by atoms with Crippen LogP contribution in [0.15, 0.2) is 99.9 Å². The van der Waals surface area contributed by atoms with E-state index in [0.29, 0.717) is 27.2 Å². The molecule has 0 aliphatic carbocycles. The number of anilines is 1. The third-order valence-electron chi connectivity index (χ3n) is 6.67. The lowest BCUT2D eigenvalue weighted by atomic mass is 9.95. The van der Waals surface area contributed by atoms with Crippen LogP contribution in [0.4, 0.5) is 5.69 Å². The van der Waals surface area contributed by atoms with Gasteiger partial charge in [0.05, 0.1) is 28.5 Å². The van der Waals surface area contributed by atoms with Crippen LogP contribution in [0.1, 0.15) is 36.6 Å². The van der Waals surface area contributed by atoms with Gasteiger partial charge in [0.1, 0.15) is 12.4 Å². The van der Waals surface area contributed by atoms with Crippen LogP contribution in [-0.4, -0.2) is 31.2 Å². The highest BCUT2D eigenvalue weighted by molar-refractivity contribution is 7.07. The quantitative estimate of drug-likeness (QED) is 0.302. The van der Waals surface area contributed by atoms with Crippen LogP contribution in [-0.2, 0) is 16.1 Å². The van der Waals surface area contributed by atoms with E-state index < -0.39 is 12.0 Å². The van der Waals surface area contributed by atoms with Crippen molar-refractivity contribution in [2.45, 2.75) is 26.5 Å². The Balaban J connectivity index is 1.51. The molecule has 2 heterocycles. The van der Waals surface area contributed by atoms with Gasteiger partial charge in [-0.25, -0.2) is 9.79 Å². The van der Waals surface area contributed by atoms with Gasteiger partial charge in [0.15, 0.2) is 4.80 Å². The van der Waals surface area contributed by atoms with Crippen molar-refractivity contribution in [1.82, 2.24) is 4.57 Å². The van der Waals surface area contributed by atoms with Gasteiger partial charge < -0.3 is 14.4 Å². The van der Waals surface area contributed by atoms with E-state index in [2.05, 4.69) is 4.99 Å². The van der Waals surface area contributed by atoms with Crippen molar-refractivity contribution in [2.75, 3.05) is 25.6 Å². The molecule has 0 unspecified atom stereocenters. The maximum Gasteiger partial charge on any atom is 0.338 e. The number of carbonyl (C=O) groups excluding carboxylic acids is 1. The molecule has 1 aliphatic heterocycles. The summed E-state index contributed by atoms with van der Waals surface area (Å²) in [7, 11) is 3.93. The molecule has 0 saturated heterocycles. The topological polar surface area (TPSA) is 73.1 Å². The first-order chi connectivity index (χ1) is 19.4. The van der Waals surface area contributed by atoms with Crippen LogP contribution < -0.4 is 24.5 Å². The van der Waals surface area contributed by atoms with Crippen molar-refractivity contribution in [3.63, 3.8) is 0 Å². The standard InChI is InChI=1S/C32H31N3O4S/c1-5-38-31(37)28-21(2)33-32-35(29(28)24-13-15-25(16-14-24)34(3)4)30(36)27(40-32)19-22-11-17-26(18-12-22)39-20-23-9-7-6-8-10-23/h6-19,29H,5,20H2,1-4H3/b27-19-/t29-/m0/s1. The number of hydrogen-bond donors (Lipinski definition) is 0. The third-order valence-corrected chi connectivity index (χ3v) is 7.65. The average molecular weight is 554 g/mol. The monoisotopic (exact) mass is 553 g/mol. The van der Waals surface area contributed by atoms with Gasteiger partial charge in [0.2, 0.25) is 0 Å². The number of nitrogens with zero attached hydrogens (tertiary/aromatic N) is 3. The fourth-order valence-electron chi connectivity index (χ4n) is 4.61. The fraction of sp³-hybridized carbons (Fsp3) is 0.219. The molecule has 0 N–H and O–H groups in total. The highest BCUT2D eigenvalue weighted by atomic mass is 32.1. The summed E-state index contributed by atoms with van der Waals surface area (Å²) in [4.78, 5) is 34.1. The molecule has 5 rings (SSSR count). The summed E-state index contributed by atoms with van der Waals surface area (Å²) in [6.07, 6.45) is 1.85. The number of aromatic nitrogens is 1. The normalized spacial score (nSPS) is 14.9. The van der Waals surface area contributed by atoms with Crippen molar-refractivity contribution in [3.05, 3.63) is 127 Å². The molecular formula is C32H31N3O4S. The molecule has 204 valence electrons. The van der Waals surface area contributed by atoms with Gasteiger partial charge in [-0.1, -0.05) is 65.9 Å². The Morgan fingerprint density at radius 2 is 1.73 bits per heavy atom. The predicted octanol–water partition coefficient (Wildman–Crippen LogP) is 4.44. The van der Waals surface area contributed by atoms with Gasteiger partial charge in [0.25, 0.3) is 5.56 Å². The van der Waals surface area contributed by atoms with Crippen LogP contribution in [0.2, 0.25) is 0 Å². The van der Waals surface area contributed by atoms with Crippen LogP contribution in [0.3, 0.4) is 0 Å². The third kappa shape index (κ3) is 5.62. The number of rotatable bonds is 8. The Hall–Kier alpha value is -4.43. The zero-order chi connectivity index (χ0) is 28.2. The van der Waals surface area contributed by atoms with Crippen molar-refractivity contribution < 1.29 is 14.3 Å². The largest absolute Gasteiger partial charge is 0.489 e. The molecule has 1 aliphatic rings. The predicted molar refractivity (Wildman–Crippen MR) is 158 cm³/mol. The molecule has 7 nitrogen and oxygen atoms in total. The van der Waals surface area contributed by atoms with Crippen LogP contribution >= 0.6 is 11.3 Å². The average Bonchev–Trinajstić information content (AvgIpc) is 3.26. The van der Waals surface area contributed by atoms with Crippen LogP contribution in [0.5, 0.6) is 5.75 Å². The molecule has 3 aromatic carbocycles. The van der Waals surface area contributed by atoms with E-state index in [9.17, 15) is 9.59 Å². The summed E-state index contributed by atoms with van der Waals surface area (Å²) in [6.45, 7) is 4.27. The van der Waals surface area contributed by atoms with Gasteiger partial charge in [-0.2, -0.15) is 0 Å². The molecule has 0 bridgehead atoms. The lowest BCUT2D eigenvalue weighted by Gasteiger charge is -2.25. The minimum Gasteiger partial charge on any atom is -0.489 e. The Morgan fingerprint density at radius 3 is 2.38 bits per heavy atom. The maximum absolute atomic E-state index is 13.8. The fourth-order valence-corrected chi connectivity index (χ4v) is 5.66. The van der Waals surface area contributed by atoms with E-state index in [1.54, 1.807) is 18.4 Å². The molecule has 0 spiro atoms. The zero-order valence-corrected chi connectivity index (χ0v) is 23.8. The Morgan fingerprint density at radius 1 is 1.02 bits per heavy atom. The molecule has 0 radical (unpaired) electrons. The smallest absolute Gasteiger partial charge is 0.338 e. The van der Waals surface area contributed by atoms with Crippen molar-refractivity contribution in [1.29, 1.82) is 0 Å². The minimum atomic E-state index is -0.637. The van der Waals surface area contributed by atoms with Crippen molar-refractivity contribution in [3.8, 4) is 5.75 Å². The number of allylic oxidation sites excluding steroid dienone is 1. The second-order valence-corrected chi connectivity index (χ2v) is 10.6. The lowest BCUT2D eigenvalue weighted by Crippen LogP contribution is -2.39. The van der Waals surface area contributed by atoms with Gasteiger partial charge in [-0.15, -0.1) is 0 Å². The number of fused-ring (bicyclic) bond motifs is 1. The SMILES string of the molecule is CCOC(=O)C1=C(C)N=c2s/c(=C\c3ccc(OCc4ccccc4)cc3)c(=O)n2[C@H]1c1ccc(N(C)C)cc1. The molecule has 1 atom stereocenters. The first-order valence-corrected chi connectivity index (χ1v) is 13.9. The van der Waals surface area contributed by atoms with Crippen molar-refractivity contribution >= 4 is 29.1 Å². The first kappa shape index (κ1) is 27.1. The molecule has 1 aromatic heterocycles. The molecule has 4 aromatic rings. The Kier molecular flexibility index (Phi) is 7.98. The number of ether oxygens (including phenoxy) is 2. The van der Waals surface area contributed by atoms with Gasteiger partial charge in [-0.3, -0.25) is 9.36 Å². The number of carbonyl (C=O) groups is 1. The molecule has 0 fully saturated rings. The molecule has 40 heavy (non-hydrogen) atoms. The number of esters is 1. The number of benzene rings is 3. The molecule has 0 saturated carbocycles. The molecule has 0 amide bonds. The highest BCUT2D eigenvalue weighted by Crippen LogP contribution is 2.31. The van der Waals surface area contributed by atoms with Crippen LogP contribution in [0.25, 0.3) is 6.08 Å². The summed E-state index contributed by atoms with van der Waals surface area (Å²) in [5.74, 6) is 0.282. The second kappa shape index (κ2) is 11.8. The summed E-state index contributed by atoms with van der Waals surface area (Å²) < 4.78 is 13.4. The van der Waals surface area contributed by atoms with Gasteiger partial charge >= 0.3 is 5.97 Å².